The molecule has 1 radical (unpaired) electrons. The normalized spacial score (nSPS) is 29.6. The van der Waals surface area contributed by atoms with Crippen molar-refractivity contribution >= 4 is 0 Å². The molecule has 0 aromatic heterocycles. The van der Waals surface area contributed by atoms with Gasteiger partial charge in [-0.2, -0.15) is 0 Å². The van der Waals surface area contributed by atoms with E-state index in [1.54, 1.807) is 0 Å². The lowest BCUT2D eigenvalue weighted by Crippen LogP contribution is -2.66. The first-order valence-electron chi connectivity index (χ1n) is 6.08. The average Bonchev–Trinajstić information content (AvgIpc) is 2.64. The van der Waals surface area contributed by atoms with E-state index in [2.05, 4.69) is 50.4 Å². The van der Waals surface area contributed by atoms with E-state index in [0.717, 1.165) is 5.92 Å². The third-order valence-corrected chi connectivity index (χ3v) is 3.98. The lowest BCUT2D eigenvalue weighted by atomic mass is 9.89. The summed E-state index contributed by atoms with van der Waals surface area (Å²) in [6, 6.07) is 0.536. The third kappa shape index (κ3) is 2.35. The number of hydrogen-bond donors (Lipinski definition) is 3. The fourth-order valence-electron chi connectivity index (χ4n) is 3.10. The number of rotatable bonds is 6. The first kappa shape index (κ1) is 12.9. The molecule has 3 N–H and O–H groups in total. The molecular formula is C12H26N3. The molecule has 0 aliphatic heterocycles. The van der Waals surface area contributed by atoms with Crippen molar-refractivity contribution in [1.82, 2.24) is 16.0 Å². The van der Waals surface area contributed by atoms with Crippen LogP contribution in [0.1, 0.15) is 32.6 Å². The Kier molecular flexibility index (Phi) is 5.03. The monoisotopic (exact) mass is 212 g/mol. The summed E-state index contributed by atoms with van der Waals surface area (Å²) < 4.78 is 0. The highest BCUT2D eigenvalue weighted by molar-refractivity contribution is 5.05. The van der Waals surface area contributed by atoms with E-state index < -0.39 is 0 Å². The van der Waals surface area contributed by atoms with Gasteiger partial charge in [-0.15, -0.1) is 0 Å². The van der Waals surface area contributed by atoms with Gasteiger partial charge in [0.2, 0.25) is 0 Å². The van der Waals surface area contributed by atoms with Crippen LogP contribution in [0.3, 0.4) is 0 Å². The first-order valence-corrected chi connectivity index (χ1v) is 6.08. The van der Waals surface area contributed by atoms with Crippen molar-refractivity contribution in [3.8, 4) is 0 Å². The Hall–Kier alpha value is -0.120. The van der Waals surface area contributed by atoms with Gasteiger partial charge in [-0.1, -0.05) is 13.3 Å². The summed E-state index contributed by atoms with van der Waals surface area (Å²) in [4.78, 5) is 0. The molecule has 1 fully saturated rings. The Morgan fingerprint density at radius 2 is 1.87 bits per heavy atom. The lowest BCUT2D eigenvalue weighted by molar-refractivity contribution is 0.173. The van der Waals surface area contributed by atoms with Gasteiger partial charge in [0.05, 0.1) is 5.66 Å². The van der Waals surface area contributed by atoms with Crippen LogP contribution in [0.4, 0.5) is 0 Å². The van der Waals surface area contributed by atoms with Crippen LogP contribution in [0.5, 0.6) is 0 Å². The highest BCUT2D eigenvalue weighted by Gasteiger charge is 2.46. The van der Waals surface area contributed by atoms with Gasteiger partial charge in [0.15, 0.2) is 0 Å². The standard InChI is InChI=1S/C12H26N3/c1-5-6-7-10-8-9-11(13-2)12(10,14-3)15-4/h5,10-11,13-15H,6-9H2,1-4H3. The number of unbranched alkanes of at least 4 members (excludes halogenated alkanes) is 1. The molecule has 1 aliphatic rings. The van der Waals surface area contributed by atoms with Crippen LogP contribution in [0, 0.1) is 12.3 Å². The average molecular weight is 212 g/mol. The van der Waals surface area contributed by atoms with Crippen LogP contribution in [-0.4, -0.2) is 32.8 Å². The third-order valence-electron chi connectivity index (χ3n) is 3.98. The number of likely N-dealkylation sites (N-methyl/N-ethyl adjacent to an activating group) is 3. The van der Waals surface area contributed by atoms with Crippen molar-refractivity contribution in [2.75, 3.05) is 21.1 Å². The summed E-state index contributed by atoms with van der Waals surface area (Å²) >= 11 is 0. The number of hydrogen-bond acceptors (Lipinski definition) is 3. The molecule has 0 spiro atoms. The summed E-state index contributed by atoms with van der Waals surface area (Å²) in [7, 11) is 6.19. The molecule has 1 aliphatic carbocycles. The second-order valence-corrected chi connectivity index (χ2v) is 4.47. The molecule has 3 heteroatoms. The van der Waals surface area contributed by atoms with Crippen LogP contribution in [-0.2, 0) is 0 Å². The molecule has 0 aromatic carbocycles. The van der Waals surface area contributed by atoms with Crippen LogP contribution in [0.15, 0.2) is 0 Å². The maximum atomic E-state index is 3.50. The van der Waals surface area contributed by atoms with Crippen molar-refractivity contribution in [2.24, 2.45) is 5.92 Å². The van der Waals surface area contributed by atoms with Gasteiger partial charge >= 0.3 is 0 Å². The Bertz CT molecular complexity index is 178. The largest absolute Gasteiger partial charge is 0.314 e. The fraction of sp³-hybridized carbons (Fsp3) is 0.917. The van der Waals surface area contributed by atoms with Gasteiger partial charge in [-0.25, -0.2) is 0 Å². The molecule has 0 bridgehead atoms. The molecule has 15 heavy (non-hydrogen) atoms. The molecule has 0 amide bonds. The molecule has 2 unspecified atom stereocenters. The van der Waals surface area contributed by atoms with Gasteiger partial charge in [0.25, 0.3) is 0 Å². The van der Waals surface area contributed by atoms with Crippen molar-refractivity contribution < 1.29 is 0 Å². The molecule has 0 aromatic rings. The van der Waals surface area contributed by atoms with Crippen LogP contribution in [0.2, 0.25) is 0 Å². The SMILES string of the molecule is C[CH]CCC1CCC(NC)C1(NC)NC. The highest BCUT2D eigenvalue weighted by Crippen LogP contribution is 2.36. The second kappa shape index (κ2) is 5.83. The van der Waals surface area contributed by atoms with Crippen LogP contribution < -0.4 is 16.0 Å². The van der Waals surface area contributed by atoms with Crippen molar-refractivity contribution in [3.05, 3.63) is 6.42 Å². The molecule has 1 rings (SSSR count). The van der Waals surface area contributed by atoms with Crippen LogP contribution in [0.25, 0.3) is 0 Å². The van der Waals surface area contributed by atoms with Gasteiger partial charge in [0.1, 0.15) is 0 Å². The summed E-state index contributed by atoms with van der Waals surface area (Å²) in [6.07, 6.45) is 7.32. The minimum atomic E-state index is 0.0811. The minimum absolute atomic E-state index is 0.0811. The van der Waals surface area contributed by atoms with E-state index in [9.17, 15) is 0 Å². The van der Waals surface area contributed by atoms with E-state index in [1.165, 1.54) is 25.7 Å². The van der Waals surface area contributed by atoms with E-state index in [1.807, 2.05) is 0 Å². The van der Waals surface area contributed by atoms with Gasteiger partial charge in [0, 0.05) is 6.04 Å². The predicted molar refractivity (Wildman–Crippen MR) is 65.6 cm³/mol. The number of nitrogens with one attached hydrogen (secondary N) is 3. The highest BCUT2D eigenvalue weighted by atomic mass is 15.2. The van der Waals surface area contributed by atoms with Crippen molar-refractivity contribution in [3.63, 3.8) is 0 Å². The lowest BCUT2D eigenvalue weighted by Gasteiger charge is -2.40. The summed E-state index contributed by atoms with van der Waals surface area (Å²) in [5.74, 6) is 0.723. The maximum absolute atomic E-state index is 3.50. The summed E-state index contributed by atoms with van der Waals surface area (Å²) in [6.45, 7) is 2.14. The molecule has 2 atom stereocenters. The zero-order chi connectivity index (χ0) is 11.3. The molecular weight excluding hydrogens is 186 g/mol. The topological polar surface area (TPSA) is 36.1 Å². The smallest absolute Gasteiger partial charge is 0.0868 e. The Morgan fingerprint density at radius 3 is 2.33 bits per heavy atom. The van der Waals surface area contributed by atoms with E-state index in [4.69, 9.17) is 0 Å². The Morgan fingerprint density at radius 1 is 1.20 bits per heavy atom. The molecule has 3 nitrogen and oxygen atoms in total. The fourth-order valence-corrected chi connectivity index (χ4v) is 3.10. The zero-order valence-corrected chi connectivity index (χ0v) is 10.6. The van der Waals surface area contributed by atoms with E-state index in [-0.39, 0.29) is 5.66 Å². The first-order chi connectivity index (χ1) is 7.25. The molecule has 89 valence electrons. The second-order valence-electron chi connectivity index (χ2n) is 4.47. The predicted octanol–water partition coefficient (Wildman–Crippen LogP) is 1.12. The zero-order valence-electron chi connectivity index (χ0n) is 10.6. The Balaban J connectivity index is 2.70. The van der Waals surface area contributed by atoms with Gasteiger partial charge < -0.3 is 16.0 Å². The minimum Gasteiger partial charge on any atom is -0.314 e. The maximum Gasteiger partial charge on any atom is 0.0868 e. The molecule has 0 heterocycles. The quantitative estimate of drug-likeness (QED) is 0.578. The van der Waals surface area contributed by atoms with Gasteiger partial charge in [-0.3, -0.25) is 0 Å². The van der Waals surface area contributed by atoms with E-state index >= 15 is 0 Å². The molecule has 1 saturated carbocycles. The van der Waals surface area contributed by atoms with Crippen molar-refractivity contribution in [2.45, 2.75) is 44.3 Å². The summed E-state index contributed by atoms with van der Waals surface area (Å²) in [5, 5.41) is 10.4. The summed E-state index contributed by atoms with van der Waals surface area (Å²) in [5.41, 5.74) is 0.0811. The van der Waals surface area contributed by atoms with Crippen LogP contribution >= 0.6 is 0 Å². The van der Waals surface area contributed by atoms with Crippen molar-refractivity contribution in [1.29, 1.82) is 0 Å². The van der Waals surface area contributed by atoms with Gasteiger partial charge in [-0.05, 0) is 52.7 Å². The molecule has 0 saturated heterocycles. The Labute approximate surface area is 94.4 Å². The van der Waals surface area contributed by atoms with E-state index in [0.29, 0.717) is 6.04 Å².